The first kappa shape index (κ1) is 15.8. The Morgan fingerprint density at radius 3 is 2.64 bits per heavy atom. The third-order valence-electron chi connectivity index (χ3n) is 3.21. The van der Waals surface area contributed by atoms with Gasteiger partial charge in [0.2, 0.25) is 0 Å². The Labute approximate surface area is 130 Å². The number of hydrogen-bond donors (Lipinski definition) is 1. The van der Waals surface area contributed by atoms with Gasteiger partial charge in [-0.3, -0.25) is 10.3 Å². The summed E-state index contributed by atoms with van der Waals surface area (Å²) in [7, 11) is 1.59. The molecular formula is C17H19N3O2. The van der Waals surface area contributed by atoms with E-state index in [0.29, 0.717) is 24.7 Å². The molecule has 1 atom stereocenters. The molecule has 0 fully saturated rings. The number of nitriles is 1. The fourth-order valence-electron chi connectivity index (χ4n) is 2.10. The molecule has 1 unspecified atom stereocenters. The van der Waals surface area contributed by atoms with Gasteiger partial charge in [0.1, 0.15) is 6.04 Å². The zero-order valence-corrected chi connectivity index (χ0v) is 12.7. The summed E-state index contributed by atoms with van der Waals surface area (Å²) in [5, 5.41) is 12.6. The van der Waals surface area contributed by atoms with E-state index in [1.54, 1.807) is 19.5 Å². The number of hydrogen-bond acceptors (Lipinski definition) is 5. The van der Waals surface area contributed by atoms with Gasteiger partial charge in [0, 0.05) is 18.9 Å². The number of nitrogens with zero attached hydrogens (tertiary/aromatic N) is 2. The highest BCUT2D eigenvalue weighted by atomic mass is 16.5. The number of ether oxygens (including phenoxy) is 2. The van der Waals surface area contributed by atoms with E-state index >= 15 is 0 Å². The fourth-order valence-corrected chi connectivity index (χ4v) is 2.10. The van der Waals surface area contributed by atoms with E-state index in [1.807, 2.05) is 37.3 Å². The molecule has 5 heteroatoms. The van der Waals surface area contributed by atoms with E-state index in [0.717, 1.165) is 11.1 Å². The minimum atomic E-state index is -0.419. The molecule has 0 spiro atoms. The van der Waals surface area contributed by atoms with Crippen molar-refractivity contribution in [2.45, 2.75) is 19.5 Å². The maximum absolute atomic E-state index is 9.40. The van der Waals surface area contributed by atoms with E-state index in [1.165, 1.54) is 0 Å². The van der Waals surface area contributed by atoms with E-state index in [9.17, 15) is 5.26 Å². The smallest absolute Gasteiger partial charge is 0.161 e. The molecule has 2 rings (SSSR count). The van der Waals surface area contributed by atoms with Crippen LogP contribution in [0.4, 0.5) is 0 Å². The number of benzene rings is 1. The SMILES string of the molecule is CCOc1ccc(C(C#N)NCc2ccncc2)cc1OC. The zero-order valence-electron chi connectivity index (χ0n) is 12.7. The van der Waals surface area contributed by atoms with Gasteiger partial charge in [-0.1, -0.05) is 6.07 Å². The second-order valence-electron chi connectivity index (χ2n) is 4.64. The molecule has 0 radical (unpaired) electrons. The third-order valence-corrected chi connectivity index (χ3v) is 3.21. The lowest BCUT2D eigenvalue weighted by molar-refractivity contribution is 0.310. The molecule has 0 aliphatic carbocycles. The normalized spacial score (nSPS) is 11.5. The molecule has 1 aromatic heterocycles. The molecular weight excluding hydrogens is 278 g/mol. The Balaban J connectivity index is 2.12. The van der Waals surface area contributed by atoms with Gasteiger partial charge in [-0.05, 0) is 42.3 Å². The highest BCUT2D eigenvalue weighted by Gasteiger charge is 2.13. The molecule has 114 valence electrons. The van der Waals surface area contributed by atoms with Crippen molar-refractivity contribution in [3.8, 4) is 17.6 Å². The van der Waals surface area contributed by atoms with Gasteiger partial charge in [-0.15, -0.1) is 0 Å². The van der Waals surface area contributed by atoms with Crippen LogP contribution in [0.2, 0.25) is 0 Å². The van der Waals surface area contributed by atoms with Gasteiger partial charge in [0.05, 0.1) is 19.8 Å². The van der Waals surface area contributed by atoms with E-state index < -0.39 is 6.04 Å². The van der Waals surface area contributed by atoms with Crippen LogP contribution >= 0.6 is 0 Å². The predicted octanol–water partition coefficient (Wildman–Crippen LogP) is 2.84. The number of aromatic nitrogens is 1. The minimum Gasteiger partial charge on any atom is -0.493 e. The summed E-state index contributed by atoms with van der Waals surface area (Å²) in [5.74, 6) is 1.31. The number of nitrogens with one attached hydrogen (secondary N) is 1. The number of pyridine rings is 1. The van der Waals surface area contributed by atoms with Crippen molar-refractivity contribution in [3.05, 3.63) is 53.9 Å². The van der Waals surface area contributed by atoms with Gasteiger partial charge >= 0.3 is 0 Å². The second-order valence-corrected chi connectivity index (χ2v) is 4.64. The maximum Gasteiger partial charge on any atom is 0.161 e. The largest absolute Gasteiger partial charge is 0.493 e. The van der Waals surface area contributed by atoms with Crippen molar-refractivity contribution in [1.82, 2.24) is 10.3 Å². The van der Waals surface area contributed by atoms with Gasteiger partial charge in [0.15, 0.2) is 11.5 Å². The Kier molecular flexibility index (Phi) is 5.75. The lowest BCUT2D eigenvalue weighted by Gasteiger charge is -2.15. The third kappa shape index (κ3) is 3.96. The summed E-state index contributed by atoms with van der Waals surface area (Å²) < 4.78 is 10.8. The summed E-state index contributed by atoms with van der Waals surface area (Å²) in [4.78, 5) is 3.98. The first-order valence-corrected chi connectivity index (χ1v) is 7.11. The zero-order chi connectivity index (χ0) is 15.8. The minimum absolute atomic E-state index is 0.419. The van der Waals surface area contributed by atoms with Crippen LogP contribution in [0.1, 0.15) is 24.1 Å². The van der Waals surface area contributed by atoms with Crippen molar-refractivity contribution in [2.24, 2.45) is 0 Å². The molecule has 0 aliphatic heterocycles. The van der Waals surface area contributed by atoms with Gasteiger partial charge < -0.3 is 9.47 Å². The molecule has 0 bridgehead atoms. The summed E-state index contributed by atoms with van der Waals surface area (Å²) in [6.07, 6.45) is 3.47. The first-order valence-electron chi connectivity index (χ1n) is 7.11. The molecule has 22 heavy (non-hydrogen) atoms. The lowest BCUT2D eigenvalue weighted by Crippen LogP contribution is -2.19. The van der Waals surface area contributed by atoms with Crippen LogP contribution in [0.3, 0.4) is 0 Å². The van der Waals surface area contributed by atoms with Gasteiger partial charge in [-0.25, -0.2) is 0 Å². The lowest BCUT2D eigenvalue weighted by atomic mass is 10.1. The second kappa shape index (κ2) is 8.01. The van der Waals surface area contributed by atoms with Crippen molar-refractivity contribution >= 4 is 0 Å². The summed E-state index contributed by atoms with van der Waals surface area (Å²) >= 11 is 0. The molecule has 5 nitrogen and oxygen atoms in total. The Morgan fingerprint density at radius 1 is 1.23 bits per heavy atom. The van der Waals surface area contributed by atoms with Crippen LogP contribution in [0.25, 0.3) is 0 Å². The molecule has 0 amide bonds. The van der Waals surface area contributed by atoms with Crippen molar-refractivity contribution < 1.29 is 9.47 Å². The first-order chi connectivity index (χ1) is 10.8. The Morgan fingerprint density at radius 2 is 2.00 bits per heavy atom. The van der Waals surface area contributed by atoms with Crippen molar-refractivity contribution in [1.29, 1.82) is 5.26 Å². The molecule has 2 aromatic rings. The number of rotatable bonds is 7. The molecule has 0 saturated carbocycles. The molecule has 1 aromatic carbocycles. The highest BCUT2D eigenvalue weighted by molar-refractivity contribution is 5.44. The molecule has 1 heterocycles. The highest BCUT2D eigenvalue weighted by Crippen LogP contribution is 2.30. The van der Waals surface area contributed by atoms with Crippen LogP contribution in [0, 0.1) is 11.3 Å². The topological polar surface area (TPSA) is 67.2 Å². The average molecular weight is 297 g/mol. The van der Waals surface area contributed by atoms with E-state index in [4.69, 9.17) is 9.47 Å². The van der Waals surface area contributed by atoms with Crippen LogP contribution in [-0.2, 0) is 6.54 Å². The summed E-state index contributed by atoms with van der Waals surface area (Å²) in [6, 6.07) is 11.2. The molecule has 0 aliphatic rings. The van der Waals surface area contributed by atoms with Crippen LogP contribution < -0.4 is 14.8 Å². The monoisotopic (exact) mass is 297 g/mol. The van der Waals surface area contributed by atoms with Crippen molar-refractivity contribution in [2.75, 3.05) is 13.7 Å². The van der Waals surface area contributed by atoms with Gasteiger partial charge in [0.25, 0.3) is 0 Å². The number of methoxy groups -OCH3 is 1. The van der Waals surface area contributed by atoms with E-state index in [2.05, 4.69) is 16.4 Å². The van der Waals surface area contributed by atoms with Crippen LogP contribution in [0.5, 0.6) is 11.5 Å². The van der Waals surface area contributed by atoms with Crippen molar-refractivity contribution in [3.63, 3.8) is 0 Å². The van der Waals surface area contributed by atoms with Crippen LogP contribution in [-0.4, -0.2) is 18.7 Å². The predicted molar refractivity (Wildman–Crippen MR) is 83.6 cm³/mol. The quantitative estimate of drug-likeness (QED) is 0.851. The Hall–Kier alpha value is -2.58. The molecule has 0 saturated heterocycles. The van der Waals surface area contributed by atoms with Crippen LogP contribution in [0.15, 0.2) is 42.7 Å². The summed E-state index contributed by atoms with van der Waals surface area (Å²) in [5.41, 5.74) is 1.92. The summed E-state index contributed by atoms with van der Waals surface area (Å²) in [6.45, 7) is 3.08. The Bertz CT molecular complexity index is 638. The average Bonchev–Trinajstić information content (AvgIpc) is 2.57. The maximum atomic E-state index is 9.40. The fraction of sp³-hybridized carbons (Fsp3) is 0.294. The molecule has 1 N–H and O–H groups in total. The van der Waals surface area contributed by atoms with Gasteiger partial charge in [-0.2, -0.15) is 5.26 Å². The standard InChI is InChI=1S/C17H19N3O2/c1-3-22-16-5-4-14(10-17(16)21-2)15(11-18)20-12-13-6-8-19-9-7-13/h4-10,15,20H,3,12H2,1-2H3. The van der Waals surface area contributed by atoms with E-state index in [-0.39, 0.29) is 0 Å².